The van der Waals surface area contributed by atoms with Gasteiger partial charge in [0.15, 0.2) is 0 Å². The molecule has 0 saturated carbocycles. The van der Waals surface area contributed by atoms with Crippen LogP contribution in [0.3, 0.4) is 0 Å². The summed E-state index contributed by atoms with van der Waals surface area (Å²) in [6.07, 6.45) is 0. The van der Waals surface area contributed by atoms with Gasteiger partial charge in [0, 0.05) is 0 Å². The quantitative estimate of drug-likeness (QED) is 0.746. The minimum atomic E-state index is -1.08. The highest BCUT2D eigenvalue weighted by atomic mass is 16.5. The van der Waals surface area contributed by atoms with Crippen molar-refractivity contribution in [1.29, 1.82) is 0 Å². The molecular formula is C13H18N2O4. The minimum absolute atomic E-state index is 0.0198. The summed E-state index contributed by atoms with van der Waals surface area (Å²) in [5.74, 6) is -1.09. The molecule has 0 aliphatic rings. The lowest BCUT2D eigenvalue weighted by atomic mass is 10.0. The van der Waals surface area contributed by atoms with Crippen LogP contribution < -0.4 is 15.8 Å². The van der Waals surface area contributed by atoms with Crippen LogP contribution >= 0.6 is 0 Å². The average molecular weight is 266 g/mol. The van der Waals surface area contributed by atoms with Gasteiger partial charge in [0.2, 0.25) is 5.91 Å². The molecule has 1 aromatic carbocycles. The first kappa shape index (κ1) is 15.0. The molecule has 0 radical (unpaired) electrons. The van der Waals surface area contributed by atoms with E-state index < -0.39 is 12.0 Å². The van der Waals surface area contributed by atoms with Gasteiger partial charge in [0.25, 0.3) is 0 Å². The van der Waals surface area contributed by atoms with Crippen molar-refractivity contribution in [3.63, 3.8) is 0 Å². The van der Waals surface area contributed by atoms with Crippen molar-refractivity contribution in [3.05, 3.63) is 23.8 Å². The average Bonchev–Trinajstić information content (AvgIpc) is 2.37. The van der Waals surface area contributed by atoms with Crippen molar-refractivity contribution in [2.45, 2.75) is 19.9 Å². The van der Waals surface area contributed by atoms with E-state index in [4.69, 9.17) is 15.6 Å². The summed E-state index contributed by atoms with van der Waals surface area (Å²) in [4.78, 5) is 22.8. The maximum atomic E-state index is 11.9. The van der Waals surface area contributed by atoms with E-state index in [1.165, 1.54) is 25.3 Å². The number of amides is 1. The molecule has 0 bridgehead atoms. The fourth-order valence-electron chi connectivity index (χ4n) is 1.46. The number of nitrogens with one attached hydrogen (secondary N) is 1. The number of carboxylic acids is 1. The molecule has 0 aromatic heterocycles. The minimum Gasteiger partial charge on any atom is -0.495 e. The maximum absolute atomic E-state index is 11.9. The molecule has 0 heterocycles. The number of benzene rings is 1. The second-order valence-corrected chi connectivity index (χ2v) is 4.48. The van der Waals surface area contributed by atoms with E-state index >= 15 is 0 Å². The summed E-state index contributed by atoms with van der Waals surface area (Å²) in [6, 6.07) is 3.56. The number of carboxylic acid groups (broad SMARTS) is 1. The van der Waals surface area contributed by atoms with Gasteiger partial charge in [-0.25, -0.2) is 4.79 Å². The van der Waals surface area contributed by atoms with E-state index in [9.17, 15) is 9.59 Å². The topological polar surface area (TPSA) is 102 Å². The van der Waals surface area contributed by atoms with Gasteiger partial charge in [-0.2, -0.15) is 0 Å². The Kier molecular flexibility index (Phi) is 4.88. The Labute approximate surface area is 111 Å². The molecule has 0 unspecified atom stereocenters. The number of hydrogen-bond donors (Lipinski definition) is 3. The molecule has 0 aliphatic heterocycles. The lowest BCUT2D eigenvalue weighted by Crippen LogP contribution is -2.39. The summed E-state index contributed by atoms with van der Waals surface area (Å²) in [5, 5.41) is 11.5. The number of ether oxygens (including phenoxy) is 1. The Morgan fingerprint density at radius 3 is 2.47 bits per heavy atom. The summed E-state index contributed by atoms with van der Waals surface area (Å²) < 4.78 is 5.07. The number of rotatable bonds is 5. The summed E-state index contributed by atoms with van der Waals surface area (Å²) >= 11 is 0. The maximum Gasteiger partial charge on any atom is 0.335 e. The summed E-state index contributed by atoms with van der Waals surface area (Å²) in [7, 11) is 1.44. The van der Waals surface area contributed by atoms with Gasteiger partial charge in [0.1, 0.15) is 5.75 Å². The van der Waals surface area contributed by atoms with Gasteiger partial charge in [0.05, 0.1) is 24.4 Å². The van der Waals surface area contributed by atoms with E-state index in [-0.39, 0.29) is 17.4 Å². The molecule has 1 rings (SSSR count). The normalized spacial score (nSPS) is 12.1. The predicted octanol–water partition coefficient (Wildman–Crippen LogP) is 1.32. The zero-order valence-corrected chi connectivity index (χ0v) is 11.1. The van der Waals surface area contributed by atoms with Crippen LogP contribution in [-0.4, -0.2) is 30.1 Å². The molecular weight excluding hydrogens is 248 g/mol. The second-order valence-electron chi connectivity index (χ2n) is 4.48. The molecule has 0 aliphatic carbocycles. The fraction of sp³-hybridized carbons (Fsp3) is 0.385. The number of carbonyl (C=O) groups is 2. The largest absolute Gasteiger partial charge is 0.495 e. The third-order valence-corrected chi connectivity index (χ3v) is 2.73. The molecule has 6 nitrogen and oxygen atoms in total. The Hall–Kier alpha value is -2.08. The van der Waals surface area contributed by atoms with Crippen LogP contribution in [0.1, 0.15) is 24.2 Å². The highest BCUT2D eigenvalue weighted by Crippen LogP contribution is 2.25. The van der Waals surface area contributed by atoms with Crippen molar-refractivity contribution >= 4 is 17.6 Å². The van der Waals surface area contributed by atoms with Gasteiger partial charge in [-0.3, -0.25) is 4.79 Å². The van der Waals surface area contributed by atoms with Crippen LogP contribution in [0, 0.1) is 5.92 Å². The molecule has 1 atom stereocenters. The molecule has 1 amide bonds. The highest BCUT2D eigenvalue weighted by Gasteiger charge is 2.19. The lowest BCUT2D eigenvalue weighted by molar-refractivity contribution is -0.118. The van der Waals surface area contributed by atoms with E-state index in [1.807, 2.05) is 13.8 Å². The van der Waals surface area contributed by atoms with E-state index in [0.29, 0.717) is 11.4 Å². The van der Waals surface area contributed by atoms with Crippen molar-refractivity contribution in [2.24, 2.45) is 11.7 Å². The smallest absolute Gasteiger partial charge is 0.335 e. The first-order valence-electron chi connectivity index (χ1n) is 5.84. The fourth-order valence-corrected chi connectivity index (χ4v) is 1.46. The molecule has 104 valence electrons. The molecule has 4 N–H and O–H groups in total. The first-order chi connectivity index (χ1) is 8.86. The summed E-state index contributed by atoms with van der Waals surface area (Å²) in [5.41, 5.74) is 6.09. The number of hydrogen-bond acceptors (Lipinski definition) is 4. The van der Waals surface area contributed by atoms with Crippen LogP contribution in [0.2, 0.25) is 0 Å². The van der Waals surface area contributed by atoms with Crippen molar-refractivity contribution < 1.29 is 19.4 Å². The van der Waals surface area contributed by atoms with Gasteiger partial charge in [-0.05, 0) is 24.1 Å². The summed E-state index contributed by atoms with van der Waals surface area (Å²) in [6.45, 7) is 3.66. The van der Waals surface area contributed by atoms with Crippen molar-refractivity contribution in [3.8, 4) is 5.75 Å². The Bertz CT molecular complexity index is 486. The van der Waals surface area contributed by atoms with Gasteiger partial charge >= 0.3 is 5.97 Å². The number of methoxy groups -OCH3 is 1. The first-order valence-corrected chi connectivity index (χ1v) is 5.84. The van der Waals surface area contributed by atoms with Crippen LogP contribution in [-0.2, 0) is 4.79 Å². The lowest BCUT2D eigenvalue weighted by Gasteiger charge is -2.17. The van der Waals surface area contributed by atoms with E-state index in [2.05, 4.69) is 5.32 Å². The molecule has 6 heteroatoms. The van der Waals surface area contributed by atoms with Crippen LogP contribution in [0.5, 0.6) is 5.75 Å². The van der Waals surface area contributed by atoms with Gasteiger partial charge in [-0.15, -0.1) is 0 Å². The number of aromatic carboxylic acids is 1. The second kappa shape index (κ2) is 6.19. The molecule has 1 aromatic rings. The zero-order valence-electron chi connectivity index (χ0n) is 11.1. The third-order valence-electron chi connectivity index (χ3n) is 2.73. The molecule has 0 saturated heterocycles. The van der Waals surface area contributed by atoms with Crippen LogP contribution in [0.4, 0.5) is 5.69 Å². The van der Waals surface area contributed by atoms with Crippen molar-refractivity contribution in [1.82, 2.24) is 0 Å². The van der Waals surface area contributed by atoms with E-state index in [1.54, 1.807) is 0 Å². The monoisotopic (exact) mass is 266 g/mol. The number of anilines is 1. The van der Waals surface area contributed by atoms with Crippen LogP contribution in [0.15, 0.2) is 18.2 Å². The molecule has 0 fully saturated rings. The Morgan fingerprint density at radius 1 is 1.37 bits per heavy atom. The Balaban J connectivity index is 3.01. The predicted molar refractivity (Wildman–Crippen MR) is 71.4 cm³/mol. The third kappa shape index (κ3) is 3.69. The SMILES string of the molecule is COc1ccc(C(=O)O)cc1NC(=O)[C@H](N)C(C)C. The molecule has 0 spiro atoms. The van der Waals surface area contributed by atoms with Gasteiger partial charge < -0.3 is 20.9 Å². The molecule has 19 heavy (non-hydrogen) atoms. The van der Waals surface area contributed by atoms with Gasteiger partial charge in [-0.1, -0.05) is 13.8 Å². The van der Waals surface area contributed by atoms with E-state index in [0.717, 1.165) is 0 Å². The van der Waals surface area contributed by atoms with Crippen LogP contribution in [0.25, 0.3) is 0 Å². The number of nitrogens with two attached hydrogens (primary N) is 1. The number of carbonyl (C=O) groups excluding carboxylic acids is 1. The Morgan fingerprint density at radius 2 is 2.00 bits per heavy atom. The van der Waals surface area contributed by atoms with Crippen molar-refractivity contribution in [2.75, 3.05) is 12.4 Å². The standard InChI is InChI=1S/C13H18N2O4/c1-7(2)11(14)12(16)15-9-6-8(13(17)18)4-5-10(9)19-3/h4-7,11H,14H2,1-3H3,(H,15,16)(H,17,18)/t11-/m1/s1. The highest BCUT2D eigenvalue weighted by molar-refractivity contribution is 5.98. The zero-order chi connectivity index (χ0) is 14.6.